The third kappa shape index (κ3) is 6.33. The molecule has 2 aliphatic rings. The average molecular weight is 463 g/mol. The van der Waals surface area contributed by atoms with Crippen molar-refractivity contribution in [2.24, 2.45) is 17.6 Å². The van der Waals surface area contributed by atoms with Crippen LogP contribution in [0.2, 0.25) is 0 Å². The van der Waals surface area contributed by atoms with Crippen LogP contribution in [-0.2, 0) is 14.3 Å². The number of hydrogen-bond donors (Lipinski definition) is 2. The second-order valence-electron chi connectivity index (χ2n) is 9.44. The summed E-state index contributed by atoms with van der Waals surface area (Å²) in [6, 6.07) is 4.18. The van der Waals surface area contributed by atoms with Crippen LogP contribution in [0.25, 0.3) is 0 Å². The highest BCUT2D eigenvalue weighted by Gasteiger charge is 2.50. The Hall–Kier alpha value is -3.37. The van der Waals surface area contributed by atoms with Crippen molar-refractivity contribution in [1.82, 2.24) is 10.2 Å². The Morgan fingerprint density at radius 1 is 1.27 bits per heavy atom. The number of nitro benzene ring substituents is 1. The minimum atomic E-state index is -0.870. The van der Waals surface area contributed by atoms with E-state index in [1.54, 1.807) is 20.8 Å². The number of amides is 3. The molecule has 1 heterocycles. The van der Waals surface area contributed by atoms with Crippen LogP contribution in [0, 0.1) is 22.0 Å². The number of non-ortho nitro benzene ring substituents is 1. The van der Waals surface area contributed by atoms with E-state index in [9.17, 15) is 24.5 Å². The van der Waals surface area contributed by atoms with Crippen LogP contribution in [0.4, 0.5) is 10.5 Å². The molecule has 33 heavy (non-hydrogen) atoms. The number of ether oxygens (including phenoxy) is 2. The molecule has 11 heteroatoms. The van der Waals surface area contributed by atoms with Crippen molar-refractivity contribution >= 4 is 23.6 Å². The number of likely N-dealkylation sites (tertiary alicyclic amines) is 1. The predicted octanol–water partition coefficient (Wildman–Crippen LogP) is 1.98. The molecule has 1 saturated heterocycles. The number of hydrogen-bond acceptors (Lipinski definition) is 7. The van der Waals surface area contributed by atoms with Crippen molar-refractivity contribution in [3.63, 3.8) is 0 Å². The van der Waals surface area contributed by atoms with Crippen molar-refractivity contribution < 1.29 is 28.8 Å². The van der Waals surface area contributed by atoms with E-state index in [0.717, 1.165) is 0 Å². The van der Waals surface area contributed by atoms with Crippen LogP contribution < -0.4 is 15.8 Å². The van der Waals surface area contributed by atoms with Crippen LogP contribution in [0.5, 0.6) is 5.75 Å². The number of nitrogens with zero attached hydrogens (tertiary/aromatic N) is 2. The Balaban J connectivity index is 1.66. The summed E-state index contributed by atoms with van der Waals surface area (Å²) in [6.07, 6.45) is 1.08. The summed E-state index contributed by atoms with van der Waals surface area (Å²) in [7, 11) is 0. The van der Waals surface area contributed by atoms with E-state index in [4.69, 9.17) is 15.2 Å². The van der Waals surface area contributed by atoms with Crippen molar-refractivity contribution in [3.8, 4) is 5.75 Å². The van der Waals surface area contributed by atoms with E-state index in [0.29, 0.717) is 31.6 Å². The van der Waals surface area contributed by atoms with Gasteiger partial charge < -0.3 is 25.4 Å². The second-order valence-corrected chi connectivity index (χ2v) is 9.44. The zero-order valence-electron chi connectivity index (χ0n) is 19.0. The first kappa shape index (κ1) is 24.3. The van der Waals surface area contributed by atoms with Crippen LogP contribution in [0.15, 0.2) is 24.3 Å². The highest BCUT2D eigenvalue weighted by molar-refractivity contribution is 5.91. The Labute approximate surface area is 191 Å². The topological polar surface area (TPSA) is 154 Å². The normalized spacial score (nSPS) is 22.9. The van der Waals surface area contributed by atoms with Crippen LogP contribution in [0.3, 0.4) is 0 Å². The average Bonchev–Trinajstić information content (AvgIpc) is 3.31. The second kappa shape index (κ2) is 9.63. The van der Waals surface area contributed by atoms with Gasteiger partial charge in [0.25, 0.3) is 5.69 Å². The smallest absolute Gasteiger partial charge is 0.408 e. The Kier molecular flexibility index (Phi) is 7.09. The summed E-state index contributed by atoms with van der Waals surface area (Å²) in [6.45, 7) is 5.86. The first-order chi connectivity index (χ1) is 15.5. The van der Waals surface area contributed by atoms with E-state index in [1.807, 2.05) is 0 Å². The molecule has 11 nitrogen and oxygen atoms in total. The molecule has 1 aliphatic carbocycles. The van der Waals surface area contributed by atoms with Gasteiger partial charge >= 0.3 is 6.09 Å². The van der Waals surface area contributed by atoms with Gasteiger partial charge in [-0.15, -0.1) is 0 Å². The Bertz CT molecular complexity index is 912. The van der Waals surface area contributed by atoms with Crippen molar-refractivity contribution in [1.29, 1.82) is 0 Å². The third-order valence-corrected chi connectivity index (χ3v) is 5.72. The molecule has 3 rings (SSSR count). The zero-order valence-corrected chi connectivity index (χ0v) is 19.0. The highest BCUT2D eigenvalue weighted by Crippen LogP contribution is 2.42. The van der Waals surface area contributed by atoms with Gasteiger partial charge in [0.05, 0.1) is 11.5 Å². The minimum Gasteiger partial charge on any atom is -0.493 e. The molecule has 0 bridgehead atoms. The fraction of sp³-hybridized carbons (Fsp3) is 0.591. The SMILES string of the molecule is CC(C)(C)OC(=O)N[C@H](C(=O)N1CCCC1C(N)=O)[C@@H]1C[C@H]1COc1ccc([N+](=O)[O-])cc1. The lowest BCUT2D eigenvalue weighted by Crippen LogP contribution is -2.54. The Morgan fingerprint density at radius 3 is 2.52 bits per heavy atom. The molecule has 1 aliphatic heterocycles. The number of carbonyl (C=O) groups is 3. The minimum absolute atomic E-state index is 0.0151. The number of rotatable bonds is 8. The van der Waals surface area contributed by atoms with Crippen LogP contribution in [0.1, 0.15) is 40.0 Å². The lowest BCUT2D eigenvalue weighted by molar-refractivity contribution is -0.384. The molecule has 2 fully saturated rings. The third-order valence-electron chi connectivity index (χ3n) is 5.72. The van der Waals surface area contributed by atoms with Crippen LogP contribution >= 0.6 is 0 Å². The largest absolute Gasteiger partial charge is 0.493 e. The first-order valence-electron chi connectivity index (χ1n) is 10.9. The quantitative estimate of drug-likeness (QED) is 0.442. The van der Waals surface area contributed by atoms with Gasteiger partial charge in [0, 0.05) is 18.7 Å². The number of carbonyl (C=O) groups excluding carboxylic acids is 3. The van der Waals surface area contributed by atoms with Crippen molar-refractivity contribution in [3.05, 3.63) is 34.4 Å². The monoisotopic (exact) mass is 462 g/mol. The number of alkyl carbamates (subject to hydrolysis) is 1. The molecule has 1 unspecified atom stereocenters. The van der Waals surface area contributed by atoms with Gasteiger partial charge in [0.1, 0.15) is 23.4 Å². The fourth-order valence-corrected chi connectivity index (χ4v) is 4.03. The van der Waals surface area contributed by atoms with Gasteiger partial charge in [-0.05, 0) is 64.0 Å². The maximum atomic E-state index is 13.3. The van der Waals surface area contributed by atoms with E-state index >= 15 is 0 Å². The van der Waals surface area contributed by atoms with E-state index < -0.39 is 34.6 Å². The molecule has 180 valence electrons. The lowest BCUT2D eigenvalue weighted by Gasteiger charge is -2.29. The molecular formula is C22H30N4O7. The molecule has 1 aromatic rings. The summed E-state index contributed by atoms with van der Waals surface area (Å²) < 4.78 is 11.1. The number of nitrogens with two attached hydrogens (primary N) is 1. The molecule has 0 radical (unpaired) electrons. The zero-order chi connectivity index (χ0) is 24.3. The van der Waals surface area contributed by atoms with Gasteiger partial charge in [0.15, 0.2) is 0 Å². The Morgan fingerprint density at radius 2 is 1.94 bits per heavy atom. The molecule has 3 N–H and O–H groups in total. The van der Waals surface area contributed by atoms with Crippen molar-refractivity contribution in [2.75, 3.05) is 13.2 Å². The van der Waals surface area contributed by atoms with Crippen LogP contribution in [-0.4, -0.2) is 58.6 Å². The summed E-state index contributed by atoms with van der Waals surface area (Å²) >= 11 is 0. The summed E-state index contributed by atoms with van der Waals surface area (Å²) in [5, 5.41) is 13.5. The number of nitrogens with one attached hydrogen (secondary N) is 1. The number of benzene rings is 1. The molecule has 4 atom stereocenters. The number of primary amides is 1. The molecule has 0 spiro atoms. The summed E-state index contributed by atoms with van der Waals surface area (Å²) in [4.78, 5) is 49.2. The first-order valence-corrected chi connectivity index (χ1v) is 10.9. The van der Waals surface area contributed by atoms with Gasteiger partial charge in [-0.1, -0.05) is 0 Å². The molecular weight excluding hydrogens is 432 g/mol. The maximum Gasteiger partial charge on any atom is 0.408 e. The predicted molar refractivity (Wildman–Crippen MR) is 117 cm³/mol. The molecule has 1 saturated carbocycles. The molecule has 1 aromatic carbocycles. The van der Waals surface area contributed by atoms with E-state index in [2.05, 4.69) is 5.32 Å². The fourth-order valence-electron chi connectivity index (χ4n) is 4.03. The summed E-state index contributed by atoms with van der Waals surface area (Å²) in [5.41, 5.74) is 4.70. The van der Waals surface area contributed by atoms with Gasteiger partial charge in [-0.2, -0.15) is 0 Å². The highest BCUT2D eigenvalue weighted by atomic mass is 16.6. The maximum absolute atomic E-state index is 13.3. The van der Waals surface area contributed by atoms with E-state index in [1.165, 1.54) is 29.2 Å². The van der Waals surface area contributed by atoms with Gasteiger partial charge in [-0.3, -0.25) is 19.7 Å². The van der Waals surface area contributed by atoms with Crippen molar-refractivity contribution in [2.45, 2.75) is 57.7 Å². The standard InChI is InChI=1S/C22H30N4O7/c1-22(2,3)33-21(29)24-18(20(28)25-10-4-5-17(25)19(23)27)16-11-13(16)12-32-15-8-6-14(7-9-15)26(30)31/h6-9,13,16-18H,4-5,10-12H2,1-3H3,(H2,23,27)(H,24,29)/t13-,16+,17?,18-/m0/s1. The molecule has 0 aromatic heterocycles. The van der Waals surface area contributed by atoms with E-state index in [-0.39, 0.29) is 30.0 Å². The summed E-state index contributed by atoms with van der Waals surface area (Å²) in [5.74, 6) is -0.658. The number of nitro groups is 1. The van der Waals surface area contributed by atoms with Gasteiger partial charge in [0.2, 0.25) is 11.8 Å². The molecule has 3 amide bonds. The van der Waals surface area contributed by atoms with Gasteiger partial charge in [-0.25, -0.2) is 4.79 Å². The lowest BCUT2D eigenvalue weighted by atomic mass is 10.1.